The van der Waals surface area contributed by atoms with Crippen molar-refractivity contribution in [2.24, 2.45) is 0 Å². The Balaban J connectivity index is 2.29. The molecule has 0 radical (unpaired) electrons. The van der Waals surface area contributed by atoms with Crippen LogP contribution in [-0.4, -0.2) is 47.1 Å². The number of rotatable bonds is 4. The van der Waals surface area contributed by atoms with Crippen LogP contribution in [0.2, 0.25) is 0 Å². The third-order valence-corrected chi connectivity index (χ3v) is 3.53. The van der Waals surface area contributed by atoms with Gasteiger partial charge in [0, 0.05) is 18.5 Å². The Morgan fingerprint density at radius 2 is 1.50 bits per heavy atom. The molecule has 0 bridgehead atoms. The zero-order valence-corrected chi connectivity index (χ0v) is 13.4. The minimum absolute atomic E-state index is 0.162. The lowest BCUT2D eigenvalue weighted by Gasteiger charge is -2.23. The number of fused-ring (bicyclic) bond motifs is 1. The first-order valence-corrected chi connectivity index (χ1v) is 7.45. The Kier molecular flexibility index (Phi) is 6.20. The van der Waals surface area contributed by atoms with Crippen molar-refractivity contribution in [3.8, 4) is 0 Å². The Morgan fingerprint density at radius 3 is 2.19 bits per heavy atom. The highest BCUT2D eigenvalue weighted by molar-refractivity contribution is 6.40. The number of carbonyl (C=O) groups is 4. The number of nitrogens with zero attached hydrogens (tertiary/aromatic N) is 1. The van der Waals surface area contributed by atoms with E-state index in [1.165, 1.54) is 11.0 Å². The molecule has 10 heteroatoms. The summed E-state index contributed by atoms with van der Waals surface area (Å²) < 4.78 is 0. The number of hydrogen-bond donors (Lipinski definition) is 5. The van der Waals surface area contributed by atoms with E-state index in [-0.39, 0.29) is 13.1 Å². The molecule has 0 aliphatic heterocycles. The van der Waals surface area contributed by atoms with Crippen LogP contribution in [0.5, 0.6) is 0 Å². The number of nitrogens with one attached hydrogen (secondary N) is 3. The normalized spacial score (nSPS) is 10.1. The summed E-state index contributed by atoms with van der Waals surface area (Å²) in [5, 5.41) is 20.8. The maximum atomic E-state index is 12.3. The van der Waals surface area contributed by atoms with Crippen molar-refractivity contribution in [1.82, 2.24) is 16.3 Å². The number of hydrogen-bond acceptors (Lipinski definition) is 6. The van der Waals surface area contributed by atoms with Crippen molar-refractivity contribution in [2.75, 3.05) is 18.0 Å². The molecule has 0 aliphatic carbocycles. The fourth-order valence-corrected chi connectivity index (χ4v) is 2.36. The summed E-state index contributed by atoms with van der Waals surface area (Å²) >= 11 is 0. The summed E-state index contributed by atoms with van der Waals surface area (Å²) in [4.78, 5) is 47.3. The van der Waals surface area contributed by atoms with Gasteiger partial charge in [-0.15, -0.1) is 0 Å². The third-order valence-electron chi connectivity index (χ3n) is 3.53. The summed E-state index contributed by atoms with van der Waals surface area (Å²) in [5.41, 5.74) is 2.84. The number of amides is 4. The van der Waals surface area contributed by atoms with Gasteiger partial charge in [0.05, 0.1) is 5.69 Å². The third kappa shape index (κ3) is 4.12. The van der Waals surface area contributed by atoms with Gasteiger partial charge in [-0.05, 0) is 11.5 Å². The summed E-state index contributed by atoms with van der Waals surface area (Å²) in [5.74, 6) is -4.67. The highest BCUT2D eigenvalue weighted by atomic mass is 16.5. The monoisotopic (exact) mass is 360 g/mol. The topological polar surface area (TPSA) is 148 Å². The van der Waals surface area contributed by atoms with Gasteiger partial charge >= 0.3 is 23.6 Å². The van der Waals surface area contributed by atoms with Crippen molar-refractivity contribution in [2.45, 2.75) is 0 Å². The second-order valence-corrected chi connectivity index (χ2v) is 5.09. The molecule has 10 nitrogen and oxygen atoms in total. The van der Waals surface area contributed by atoms with Gasteiger partial charge in [-0.3, -0.25) is 29.6 Å². The van der Waals surface area contributed by atoms with Gasteiger partial charge in [0.15, 0.2) is 0 Å². The molecular formula is C16H16N4O6. The second kappa shape index (κ2) is 8.55. The quantitative estimate of drug-likeness (QED) is 0.277. The summed E-state index contributed by atoms with van der Waals surface area (Å²) in [6, 6.07) is 12.3. The van der Waals surface area contributed by atoms with Gasteiger partial charge in [0.2, 0.25) is 0 Å². The van der Waals surface area contributed by atoms with E-state index in [1.807, 2.05) is 18.2 Å². The first-order valence-electron chi connectivity index (χ1n) is 7.45. The Morgan fingerprint density at radius 1 is 0.846 bits per heavy atom. The average Bonchev–Trinajstić information content (AvgIpc) is 2.69. The molecule has 4 amide bonds. The zero-order valence-electron chi connectivity index (χ0n) is 13.4. The van der Waals surface area contributed by atoms with E-state index in [4.69, 9.17) is 10.4 Å². The first kappa shape index (κ1) is 18.8. The molecule has 26 heavy (non-hydrogen) atoms. The SMILES string of the molecule is O=C(NO)C(=O)NCCN(C(=O)C(=O)NO)c1cccc2ccccc12. The lowest BCUT2D eigenvalue weighted by atomic mass is 10.1. The standard InChI is InChI=1S/C16H16N4O6/c21-13(14(22)18-25)17-8-9-20(16(24)15(23)19-26)12-7-3-5-10-4-1-2-6-11(10)12/h1-7,25-26H,8-9H2,(H,17,21)(H,18,22)(H,19,23). The molecule has 0 saturated heterocycles. The molecular weight excluding hydrogens is 344 g/mol. The molecule has 2 aromatic carbocycles. The van der Waals surface area contributed by atoms with Crippen LogP contribution < -0.4 is 21.2 Å². The largest absolute Gasteiger partial charge is 0.346 e. The fourth-order valence-electron chi connectivity index (χ4n) is 2.36. The Bertz CT molecular complexity index is 848. The smallest absolute Gasteiger partial charge is 0.333 e. The summed E-state index contributed by atoms with van der Waals surface area (Å²) in [6.45, 7) is -0.343. The van der Waals surface area contributed by atoms with Crippen molar-refractivity contribution >= 4 is 40.1 Å². The van der Waals surface area contributed by atoms with Crippen LogP contribution in [0.3, 0.4) is 0 Å². The molecule has 0 heterocycles. The van der Waals surface area contributed by atoms with Gasteiger partial charge in [0.1, 0.15) is 0 Å². The van der Waals surface area contributed by atoms with E-state index in [0.717, 1.165) is 10.3 Å². The van der Waals surface area contributed by atoms with Crippen molar-refractivity contribution in [3.05, 3.63) is 42.5 Å². The highest BCUT2D eigenvalue weighted by Crippen LogP contribution is 2.26. The van der Waals surface area contributed by atoms with Crippen LogP contribution in [0.4, 0.5) is 5.69 Å². The van der Waals surface area contributed by atoms with E-state index in [2.05, 4.69) is 5.32 Å². The van der Waals surface area contributed by atoms with E-state index >= 15 is 0 Å². The van der Waals surface area contributed by atoms with Gasteiger partial charge in [-0.25, -0.2) is 11.0 Å². The molecule has 0 spiro atoms. The number of carbonyl (C=O) groups excluding carboxylic acids is 4. The van der Waals surface area contributed by atoms with Crippen LogP contribution in [0.1, 0.15) is 0 Å². The second-order valence-electron chi connectivity index (χ2n) is 5.09. The average molecular weight is 360 g/mol. The summed E-state index contributed by atoms with van der Waals surface area (Å²) in [7, 11) is 0. The lowest BCUT2D eigenvalue weighted by molar-refractivity contribution is -0.144. The minimum atomic E-state index is -1.26. The van der Waals surface area contributed by atoms with Gasteiger partial charge < -0.3 is 10.2 Å². The van der Waals surface area contributed by atoms with Gasteiger partial charge in [-0.2, -0.15) is 0 Å². The first-order chi connectivity index (χ1) is 12.5. The van der Waals surface area contributed by atoms with E-state index in [1.54, 1.807) is 24.3 Å². The molecule has 2 rings (SSSR count). The van der Waals surface area contributed by atoms with Crippen LogP contribution in [0, 0.1) is 0 Å². The van der Waals surface area contributed by atoms with E-state index in [0.29, 0.717) is 11.1 Å². The predicted molar refractivity (Wildman–Crippen MR) is 89.2 cm³/mol. The Hall–Kier alpha value is -3.50. The van der Waals surface area contributed by atoms with Crippen LogP contribution in [0.25, 0.3) is 10.8 Å². The maximum absolute atomic E-state index is 12.3. The molecule has 5 N–H and O–H groups in total. The van der Waals surface area contributed by atoms with Crippen LogP contribution >= 0.6 is 0 Å². The van der Waals surface area contributed by atoms with Crippen LogP contribution in [-0.2, 0) is 19.2 Å². The molecule has 0 fully saturated rings. The van der Waals surface area contributed by atoms with Gasteiger partial charge in [-0.1, -0.05) is 36.4 Å². The molecule has 0 aromatic heterocycles. The van der Waals surface area contributed by atoms with Crippen molar-refractivity contribution < 1.29 is 29.6 Å². The fraction of sp³-hybridized carbons (Fsp3) is 0.125. The Labute approximate surface area is 147 Å². The van der Waals surface area contributed by atoms with Crippen molar-refractivity contribution in [3.63, 3.8) is 0 Å². The molecule has 2 aromatic rings. The number of benzene rings is 2. The predicted octanol–water partition coefficient (Wildman–Crippen LogP) is -0.700. The molecule has 0 saturated carbocycles. The van der Waals surface area contributed by atoms with Gasteiger partial charge in [0.25, 0.3) is 0 Å². The zero-order chi connectivity index (χ0) is 19.1. The minimum Gasteiger partial charge on any atom is -0.346 e. The van der Waals surface area contributed by atoms with Crippen LogP contribution in [0.15, 0.2) is 42.5 Å². The molecule has 0 atom stereocenters. The molecule has 0 unspecified atom stereocenters. The lowest BCUT2D eigenvalue weighted by Crippen LogP contribution is -2.47. The summed E-state index contributed by atoms with van der Waals surface area (Å²) in [6.07, 6.45) is 0. The highest BCUT2D eigenvalue weighted by Gasteiger charge is 2.24. The molecule has 0 aliphatic rings. The maximum Gasteiger partial charge on any atom is 0.333 e. The molecule has 136 valence electrons. The van der Waals surface area contributed by atoms with E-state index < -0.39 is 23.6 Å². The van der Waals surface area contributed by atoms with Crippen molar-refractivity contribution in [1.29, 1.82) is 0 Å². The number of anilines is 1. The number of hydroxylamine groups is 2. The van der Waals surface area contributed by atoms with E-state index in [9.17, 15) is 19.2 Å².